The highest BCUT2D eigenvalue weighted by atomic mass is 32.2. The maximum atomic E-state index is 13.3. The molecular formula is C25H29N3O6S2. The van der Waals surface area contributed by atoms with Gasteiger partial charge in [0.15, 0.2) is 0 Å². The van der Waals surface area contributed by atoms with Crippen LogP contribution in [0.3, 0.4) is 0 Å². The Bertz CT molecular complexity index is 1290. The first-order valence-electron chi connectivity index (χ1n) is 11.3. The van der Waals surface area contributed by atoms with Crippen LogP contribution < -0.4 is 10.0 Å². The summed E-state index contributed by atoms with van der Waals surface area (Å²) in [4.78, 5) is 30.5. The molecular weight excluding hydrogens is 502 g/mol. The quantitative estimate of drug-likeness (QED) is 0.195. The Labute approximate surface area is 214 Å². The van der Waals surface area contributed by atoms with Crippen molar-refractivity contribution in [2.45, 2.75) is 39.2 Å². The number of benzene rings is 2. The average molecular weight is 532 g/mol. The zero-order valence-corrected chi connectivity index (χ0v) is 21.9. The van der Waals surface area contributed by atoms with E-state index in [4.69, 9.17) is 9.29 Å². The van der Waals surface area contributed by atoms with Crippen LogP contribution in [0.4, 0.5) is 5.69 Å². The highest BCUT2D eigenvalue weighted by Crippen LogP contribution is 2.25. The zero-order valence-electron chi connectivity index (χ0n) is 20.2. The van der Waals surface area contributed by atoms with Gasteiger partial charge in [0.2, 0.25) is 5.91 Å². The van der Waals surface area contributed by atoms with Crippen LogP contribution in [0.15, 0.2) is 53.9 Å². The first-order valence-corrected chi connectivity index (χ1v) is 13.6. The summed E-state index contributed by atoms with van der Waals surface area (Å²) in [5.74, 6) is -2.13. The lowest BCUT2D eigenvalue weighted by Crippen LogP contribution is -2.40. The molecule has 0 aliphatic carbocycles. The summed E-state index contributed by atoms with van der Waals surface area (Å²) in [5.41, 5.74) is 3.81. The molecule has 3 rings (SSSR count). The van der Waals surface area contributed by atoms with Crippen LogP contribution in [0.2, 0.25) is 0 Å². The molecule has 0 spiro atoms. The number of amides is 1. The van der Waals surface area contributed by atoms with Crippen molar-refractivity contribution in [1.82, 2.24) is 10.3 Å². The van der Waals surface area contributed by atoms with E-state index in [9.17, 15) is 18.0 Å². The highest BCUT2D eigenvalue weighted by Gasteiger charge is 2.31. The molecule has 11 heteroatoms. The number of nitrogens with zero attached hydrogens (tertiary/aromatic N) is 1. The molecule has 0 aliphatic rings. The van der Waals surface area contributed by atoms with Crippen molar-refractivity contribution in [3.05, 3.63) is 81.3 Å². The molecule has 3 N–H and O–H groups in total. The number of aromatic nitrogens is 1. The number of esters is 1. The van der Waals surface area contributed by atoms with E-state index < -0.39 is 34.1 Å². The smallest absolute Gasteiger partial charge is 0.357 e. The third kappa shape index (κ3) is 7.87. The normalized spacial score (nSPS) is 13.0. The Morgan fingerprint density at radius 1 is 1.06 bits per heavy atom. The van der Waals surface area contributed by atoms with Crippen molar-refractivity contribution in [3.8, 4) is 0 Å². The van der Waals surface area contributed by atoms with Gasteiger partial charge in [-0.25, -0.2) is 4.98 Å². The van der Waals surface area contributed by atoms with Gasteiger partial charge in [-0.3, -0.25) is 18.9 Å². The monoisotopic (exact) mass is 531 g/mol. The second-order valence-corrected chi connectivity index (χ2v) is 10.4. The van der Waals surface area contributed by atoms with E-state index in [2.05, 4.69) is 10.3 Å². The molecule has 192 valence electrons. The minimum atomic E-state index is -4.38. The maximum absolute atomic E-state index is 13.3. The number of thiazole rings is 1. The largest absolute Gasteiger partial charge is 0.468 e. The number of hydrogen-bond donors (Lipinski definition) is 3. The predicted octanol–water partition coefficient (Wildman–Crippen LogP) is 3.66. The molecule has 1 aromatic heterocycles. The predicted molar refractivity (Wildman–Crippen MR) is 138 cm³/mol. The van der Waals surface area contributed by atoms with Crippen LogP contribution >= 0.6 is 11.3 Å². The summed E-state index contributed by atoms with van der Waals surface area (Å²) < 4.78 is 38.0. The Morgan fingerprint density at radius 2 is 1.67 bits per heavy atom. The van der Waals surface area contributed by atoms with Gasteiger partial charge < -0.3 is 10.1 Å². The SMILES string of the molecule is CCc1csc([C@H](Cc2ccc(NS(=O)(=O)O)cc2)NC(=O)[C@H](Cc2ccc(C)cc2)C(=O)OC)n1. The fourth-order valence-corrected chi connectivity index (χ4v) is 4.98. The maximum Gasteiger partial charge on any atom is 0.357 e. The first kappa shape index (κ1) is 27.3. The molecule has 0 fully saturated rings. The Balaban J connectivity index is 1.83. The molecule has 0 saturated carbocycles. The Morgan fingerprint density at radius 3 is 2.22 bits per heavy atom. The molecule has 2 atom stereocenters. The summed E-state index contributed by atoms with van der Waals surface area (Å²) in [6, 6.07) is 13.5. The van der Waals surface area contributed by atoms with Crippen LogP contribution in [0.1, 0.15) is 40.4 Å². The number of carbonyl (C=O) groups is 2. The number of ether oxygens (including phenoxy) is 1. The van der Waals surface area contributed by atoms with Gasteiger partial charge in [-0.1, -0.05) is 48.9 Å². The summed E-state index contributed by atoms with van der Waals surface area (Å²) >= 11 is 1.42. The van der Waals surface area contributed by atoms with Gasteiger partial charge in [-0.15, -0.1) is 11.3 Å². The fourth-order valence-electron chi connectivity index (χ4n) is 3.60. The van der Waals surface area contributed by atoms with Gasteiger partial charge in [0.05, 0.1) is 24.5 Å². The van der Waals surface area contributed by atoms with Crippen molar-refractivity contribution in [2.24, 2.45) is 5.92 Å². The molecule has 0 bridgehead atoms. The van der Waals surface area contributed by atoms with Gasteiger partial charge in [0.1, 0.15) is 10.9 Å². The molecule has 2 aromatic carbocycles. The number of rotatable bonds is 11. The van der Waals surface area contributed by atoms with E-state index in [0.717, 1.165) is 28.8 Å². The van der Waals surface area contributed by atoms with Crippen molar-refractivity contribution in [3.63, 3.8) is 0 Å². The van der Waals surface area contributed by atoms with Crippen molar-refractivity contribution < 1.29 is 27.3 Å². The summed E-state index contributed by atoms with van der Waals surface area (Å²) in [6.45, 7) is 3.95. The summed E-state index contributed by atoms with van der Waals surface area (Å²) in [6.07, 6.45) is 1.29. The second-order valence-electron chi connectivity index (χ2n) is 8.34. The standard InChI is InChI=1S/C25H29N3O6S2/c1-4-19-15-35-24(26-19)22(14-18-9-11-20(12-10-18)28-36(31,32)33)27-23(29)21(25(30)34-3)13-17-7-5-16(2)6-8-17/h5-12,15,21-22,28H,4,13-14H2,1-3H3,(H,27,29)(H,31,32,33)/t21-,22-/m0/s1. The number of methoxy groups -OCH3 is 1. The molecule has 0 saturated heterocycles. The number of nitrogens with one attached hydrogen (secondary N) is 2. The lowest BCUT2D eigenvalue weighted by atomic mass is 9.97. The third-order valence-electron chi connectivity index (χ3n) is 5.55. The molecule has 1 heterocycles. The van der Waals surface area contributed by atoms with E-state index in [1.165, 1.54) is 30.6 Å². The minimum Gasteiger partial charge on any atom is -0.468 e. The van der Waals surface area contributed by atoms with Crippen LogP contribution in [0.5, 0.6) is 0 Å². The van der Waals surface area contributed by atoms with Crippen molar-refractivity contribution in [2.75, 3.05) is 11.8 Å². The van der Waals surface area contributed by atoms with E-state index in [1.54, 1.807) is 12.1 Å². The van der Waals surface area contributed by atoms with Crippen LogP contribution in [0, 0.1) is 12.8 Å². The zero-order chi connectivity index (χ0) is 26.3. The number of aryl methyl sites for hydroxylation is 2. The van der Waals surface area contributed by atoms with Gasteiger partial charge >= 0.3 is 16.3 Å². The molecule has 0 aliphatic heterocycles. The summed E-state index contributed by atoms with van der Waals surface area (Å²) in [7, 11) is -3.12. The molecule has 0 radical (unpaired) electrons. The minimum absolute atomic E-state index is 0.194. The van der Waals surface area contributed by atoms with E-state index in [0.29, 0.717) is 11.4 Å². The molecule has 3 aromatic rings. The van der Waals surface area contributed by atoms with Gasteiger partial charge in [-0.2, -0.15) is 8.42 Å². The molecule has 36 heavy (non-hydrogen) atoms. The molecule has 1 amide bonds. The molecule has 0 unspecified atom stereocenters. The van der Waals surface area contributed by atoms with E-state index >= 15 is 0 Å². The Kier molecular flexibility index (Phi) is 9.19. The number of hydrogen-bond acceptors (Lipinski definition) is 7. The van der Waals surface area contributed by atoms with Crippen molar-refractivity contribution in [1.29, 1.82) is 0 Å². The molecule has 9 nitrogen and oxygen atoms in total. The van der Waals surface area contributed by atoms with Crippen LogP contribution in [-0.4, -0.2) is 36.9 Å². The topological polar surface area (TPSA) is 135 Å². The van der Waals surface area contributed by atoms with Crippen molar-refractivity contribution >= 4 is 39.2 Å². The van der Waals surface area contributed by atoms with Crippen LogP contribution in [0.25, 0.3) is 0 Å². The third-order valence-corrected chi connectivity index (χ3v) is 7.05. The lowest BCUT2D eigenvalue weighted by Gasteiger charge is -2.21. The van der Waals surface area contributed by atoms with Gasteiger partial charge in [-0.05, 0) is 49.4 Å². The number of carbonyl (C=O) groups excluding carboxylic acids is 2. The highest BCUT2D eigenvalue weighted by molar-refractivity contribution is 7.87. The number of anilines is 1. The lowest BCUT2D eigenvalue weighted by molar-refractivity contribution is -0.150. The van der Waals surface area contributed by atoms with E-state index in [-0.39, 0.29) is 12.1 Å². The fraction of sp³-hybridized carbons (Fsp3) is 0.320. The first-order chi connectivity index (χ1) is 17.1. The average Bonchev–Trinajstić information content (AvgIpc) is 3.32. The Hall–Kier alpha value is -3.28. The van der Waals surface area contributed by atoms with Gasteiger partial charge in [0.25, 0.3) is 0 Å². The summed E-state index contributed by atoms with van der Waals surface area (Å²) in [5, 5.41) is 5.60. The van der Waals surface area contributed by atoms with Crippen LogP contribution in [-0.2, 0) is 43.9 Å². The van der Waals surface area contributed by atoms with E-state index in [1.807, 2.05) is 48.2 Å². The van der Waals surface area contributed by atoms with Gasteiger partial charge in [0, 0.05) is 5.38 Å². The second kappa shape index (κ2) is 12.1.